The molecule has 2 nitrogen and oxygen atoms in total. The van der Waals surface area contributed by atoms with Crippen LogP contribution in [0.5, 0.6) is 0 Å². The molecule has 1 rings (SSSR count). The quantitative estimate of drug-likeness (QED) is 0.772. The first-order valence-electron chi connectivity index (χ1n) is 4.77. The molecule has 0 bridgehead atoms. The fraction of sp³-hybridized carbons (Fsp3) is 0.455. The van der Waals surface area contributed by atoms with Crippen LogP contribution in [0.2, 0.25) is 0 Å². The van der Waals surface area contributed by atoms with E-state index in [1.165, 1.54) is 6.07 Å². The van der Waals surface area contributed by atoms with E-state index < -0.39 is 6.10 Å². The molecular formula is C11H16FNO. The molecule has 0 saturated carbocycles. The van der Waals surface area contributed by atoms with Crippen molar-refractivity contribution < 1.29 is 9.50 Å². The van der Waals surface area contributed by atoms with Crippen LogP contribution in [0.25, 0.3) is 0 Å². The Kier molecular flexibility index (Phi) is 4.04. The Labute approximate surface area is 83.8 Å². The van der Waals surface area contributed by atoms with Gasteiger partial charge >= 0.3 is 0 Å². The van der Waals surface area contributed by atoms with Crippen molar-refractivity contribution in [3.05, 3.63) is 35.6 Å². The van der Waals surface area contributed by atoms with Crippen molar-refractivity contribution in [3.8, 4) is 0 Å². The average molecular weight is 197 g/mol. The van der Waals surface area contributed by atoms with Crippen LogP contribution in [0, 0.1) is 5.82 Å². The second-order valence-electron chi connectivity index (χ2n) is 3.50. The summed E-state index contributed by atoms with van der Waals surface area (Å²) in [5.41, 5.74) is 0.633. The Morgan fingerprint density at radius 1 is 1.36 bits per heavy atom. The molecule has 1 aromatic rings. The molecule has 0 aliphatic heterocycles. The number of aliphatic hydroxyl groups excluding tert-OH is 1. The lowest BCUT2D eigenvalue weighted by Gasteiger charge is -2.15. The number of halogens is 1. The molecule has 78 valence electrons. The van der Waals surface area contributed by atoms with E-state index in [1.807, 2.05) is 6.92 Å². The van der Waals surface area contributed by atoms with Crippen LogP contribution in [-0.4, -0.2) is 17.8 Å². The highest BCUT2D eigenvalue weighted by Gasteiger charge is 2.09. The Balaban J connectivity index is 2.60. The fourth-order valence-corrected chi connectivity index (χ4v) is 1.28. The first-order chi connectivity index (χ1) is 6.61. The van der Waals surface area contributed by atoms with Gasteiger partial charge in [-0.3, -0.25) is 0 Å². The van der Waals surface area contributed by atoms with Crippen molar-refractivity contribution in [2.45, 2.75) is 26.0 Å². The van der Waals surface area contributed by atoms with Crippen LogP contribution in [0.15, 0.2) is 24.3 Å². The van der Waals surface area contributed by atoms with Gasteiger partial charge in [0.2, 0.25) is 0 Å². The lowest BCUT2D eigenvalue weighted by molar-refractivity contribution is 0.187. The first kappa shape index (κ1) is 11.1. The Morgan fingerprint density at radius 2 is 2.00 bits per heavy atom. The second kappa shape index (κ2) is 5.08. The largest absolute Gasteiger partial charge is 0.392 e. The second-order valence-corrected chi connectivity index (χ2v) is 3.50. The average Bonchev–Trinajstić information content (AvgIpc) is 2.15. The molecule has 2 N–H and O–H groups in total. The summed E-state index contributed by atoms with van der Waals surface area (Å²) in [4.78, 5) is 0. The van der Waals surface area contributed by atoms with Crippen molar-refractivity contribution >= 4 is 0 Å². The predicted octanol–water partition coefficient (Wildman–Crippen LogP) is 1.86. The van der Waals surface area contributed by atoms with Crippen molar-refractivity contribution in [2.75, 3.05) is 6.54 Å². The third-order valence-corrected chi connectivity index (χ3v) is 2.09. The minimum absolute atomic E-state index is 0.0780. The van der Waals surface area contributed by atoms with Gasteiger partial charge in [0.1, 0.15) is 5.82 Å². The topological polar surface area (TPSA) is 32.3 Å². The van der Waals surface area contributed by atoms with E-state index >= 15 is 0 Å². The molecule has 0 aliphatic carbocycles. The zero-order chi connectivity index (χ0) is 10.6. The first-order valence-corrected chi connectivity index (χ1v) is 4.77. The number of benzene rings is 1. The molecule has 0 spiro atoms. The third-order valence-electron chi connectivity index (χ3n) is 2.09. The molecule has 0 aromatic heterocycles. The van der Waals surface area contributed by atoms with E-state index in [1.54, 1.807) is 25.1 Å². The summed E-state index contributed by atoms with van der Waals surface area (Å²) in [6.07, 6.45) is -0.413. The molecule has 0 saturated heterocycles. The maximum Gasteiger partial charge on any atom is 0.127 e. The van der Waals surface area contributed by atoms with E-state index in [9.17, 15) is 4.39 Å². The van der Waals surface area contributed by atoms with Gasteiger partial charge < -0.3 is 10.4 Å². The van der Waals surface area contributed by atoms with Gasteiger partial charge in [-0.2, -0.15) is 0 Å². The van der Waals surface area contributed by atoms with Crippen molar-refractivity contribution in [3.63, 3.8) is 0 Å². The van der Waals surface area contributed by atoms with Gasteiger partial charge in [-0.15, -0.1) is 0 Å². The molecule has 0 heterocycles. The molecule has 0 radical (unpaired) electrons. The summed E-state index contributed by atoms with van der Waals surface area (Å²) in [6.45, 7) is 4.04. The molecule has 1 aromatic carbocycles. The molecule has 14 heavy (non-hydrogen) atoms. The summed E-state index contributed by atoms with van der Waals surface area (Å²) in [5.74, 6) is -0.210. The van der Waals surface area contributed by atoms with Gasteiger partial charge in [0.25, 0.3) is 0 Å². The maximum absolute atomic E-state index is 13.3. The highest BCUT2D eigenvalue weighted by Crippen LogP contribution is 2.15. The van der Waals surface area contributed by atoms with E-state index in [0.29, 0.717) is 12.1 Å². The van der Waals surface area contributed by atoms with Gasteiger partial charge in [-0.05, 0) is 19.9 Å². The van der Waals surface area contributed by atoms with Crippen LogP contribution < -0.4 is 5.32 Å². The van der Waals surface area contributed by atoms with Crippen molar-refractivity contribution in [1.82, 2.24) is 5.32 Å². The number of hydrogen-bond acceptors (Lipinski definition) is 2. The zero-order valence-corrected chi connectivity index (χ0v) is 8.50. The molecule has 0 aliphatic rings. The monoisotopic (exact) mass is 197 g/mol. The highest BCUT2D eigenvalue weighted by molar-refractivity contribution is 5.20. The Bertz CT molecular complexity index is 288. The van der Waals surface area contributed by atoms with Crippen LogP contribution in [-0.2, 0) is 0 Å². The summed E-state index contributed by atoms with van der Waals surface area (Å²) in [5, 5.41) is 12.1. The lowest BCUT2D eigenvalue weighted by atomic mass is 10.1. The summed E-state index contributed by atoms with van der Waals surface area (Å²) >= 11 is 0. The molecule has 0 unspecified atom stereocenters. The van der Waals surface area contributed by atoms with E-state index in [0.717, 1.165) is 0 Å². The fourth-order valence-electron chi connectivity index (χ4n) is 1.28. The minimum Gasteiger partial charge on any atom is -0.392 e. The summed E-state index contributed by atoms with van der Waals surface area (Å²) in [7, 11) is 0. The third kappa shape index (κ3) is 3.09. The van der Waals surface area contributed by atoms with Gasteiger partial charge in [0.05, 0.1) is 6.10 Å². The van der Waals surface area contributed by atoms with Crippen LogP contribution in [0.3, 0.4) is 0 Å². The molecule has 2 atom stereocenters. The summed E-state index contributed by atoms with van der Waals surface area (Å²) in [6, 6.07) is 6.58. The van der Waals surface area contributed by atoms with Gasteiger partial charge in [-0.25, -0.2) is 4.39 Å². The van der Waals surface area contributed by atoms with Gasteiger partial charge in [0.15, 0.2) is 0 Å². The van der Waals surface area contributed by atoms with Crippen LogP contribution in [0.4, 0.5) is 4.39 Å². The van der Waals surface area contributed by atoms with Crippen LogP contribution in [0.1, 0.15) is 25.5 Å². The number of nitrogens with one attached hydrogen (secondary N) is 1. The zero-order valence-electron chi connectivity index (χ0n) is 8.50. The minimum atomic E-state index is -0.413. The molecule has 0 amide bonds. The lowest BCUT2D eigenvalue weighted by Crippen LogP contribution is -2.27. The van der Waals surface area contributed by atoms with E-state index in [-0.39, 0.29) is 11.9 Å². The molecular weight excluding hydrogens is 181 g/mol. The van der Waals surface area contributed by atoms with Gasteiger partial charge in [-0.1, -0.05) is 18.2 Å². The number of aliphatic hydroxyl groups is 1. The number of hydrogen-bond donors (Lipinski definition) is 2. The van der Waals surface area contributed by atoms with Crippen molar-refractivity contribution in [1.29, 1.82) is 0 Å². The van der Waals surface area contributed by atoms with Crippen molar-refractivity contribution in [2.24, 2.45) is 0 Å². The Morgan fingerprint density at radius 3 is 2.57 bits per heavy atom. The van der Waals surface area contributed by atoms with Gasteiger partial charge in [0, 0.05) is 18.2 Å². The summed E-state index contributed by atoms with van der Waals surface area (Å²) < 4.78 is 13.3. The smallest absolute Gasteiger partial charge is 0.127 e. The molecule has 3 heteroatoms. The maximum atomic E-state index is 13.3. The predicted molar refractivity (Wildman–Crippen MR) is 54.5 cm³/mol. The SMILES string of the molecule is C[C@H](O)CN[C@@H](C)c1ccccc1F. The van der Waals surface area contributed by atoms with E-state index in [4.69, 9.17) is 5.11 Å². The number of rotatable bonds is 4. The van der Waals surface area contributed by atoms with E-state index in [2.05, 4.69) is 5.32 Å². The normalized spacial score (nSPS) is 15.1. The molecule has 0 fully saturated rings. The standard InChI is InChI=1S/C11H16FNO/c1-8(14)7-13-9(2)10-5-3-4-6-11(10)12/h3-6,8-9,13-14H,7H2,1-2H3/t8-,9-/m0/s1. The Hall–Kier alpha value is -0.930. The van der Waals surface area contributed by atoms with Crippen LogP contribution >= 0.6 is 0 Å². The highest BCUT2D eigenvalue weighted by atomic mass is 19.1.